The fraction of sp³-hybridized carbons (Fsp3) is 0.455. The molecule has 0 saturated carbocycles. The molecular formula is C22H32IN5O3. The first-order chi connectivity index (χ1) is 14.7. The molecule has 1 N–H and O–H groups in total. The highest BCUT2D eigenvalue weighted by atomic mass is 127. The summed E-state index contributed by atoms with van der Waals surface area (Å²) in [4.78, 5) is 13.4. The van der Waals surface area contributed by atoms with Gasteiger partial charge in [-0.3, -0.25) is 9.89 Å². The predicted octanol–water partition coefficient (Wildman–Crippen LogP) is 2.62. The Kier molecular flexibility index (Phi) is 10.1. The van der Waals surface area contributed by atoms with Gasteiger partial charge in [0.25, 0.3) is 0 Å². The van der Waals surface area contributed by atoms with Crippen molar-refractivity contribution in [3.8, 4) is 17.4 Å². The quantitative estimate of drug-likeness (QED) is 0.329. The van der Waals surface area contributed by atoms with Crippen LogP contribution in [0, 0.1) is 0 Å². The largest absolute Gasteiger partial charge is 0.497 e. The van der Waals surface area contributed by atoms with Gasteiger partial charge in [-0.1, -0.05) is 6.07 Å². The van der Waals surface area contributed by atoms with E-state index in [1.165, 1.54) is 0 Å². The van der Waals surface area contributed by atoms with Crippen LogP contribution in [-0.2, 0) is 13.1 Å². The van der Waals surface area contributed by atoms with Crippen LogP contribution in [0.15, 0.2) is 41.5 Å². The number of hydrogen-bond donors (Lipinski definition) is 1. The van der Waals surface area contributed by atoms with Crippen LogP contribution in [0.3, 0.4) is 0 Å². The maximum Gasteiger partial charge on any atom is 0.212 e. The van der Waals surface area contributed by atoms with Crippen molar-refractivity contribution >= 4 is 29.9 Å². The molecular weight excluding hydrogens is 509 g/mol. The number of nitrogens with zero attached hydrogens (tertiary/aromatic N) is 4. The standard InChI is InChI=1S/C22H31N5O3.HI/c1-23-22(25-15-17-5-8-21(30-4)24-14-17)27-11-9-26(10-12-27)16-18-13-19(28-2)6-7-20(18)29-3;/h5-8,13-14H,9-12,15-16H2,1-4H3,(H,23,25);1H. The number of nitrogens with one attached hydrogen (secondary N) is 1. The van der Waals surface area contributed by atoms with E-state index in [9.17, 15) is 0 Å². The summed E-state index contributed by atoms with van der Waals surface area (Å²) >= 11 is 0. The molecule has 1 aliphatic heterocycles. The molecule has 1 fully saturated rings. The SMILES string of the molecule is CN=C(NCc1ccc(OC)nc1)N1CCN(Cc2cc(OC)ccc2OC)CC1.I. The van der Waals surface area contributed by atoms with Gasteiger partial charge in [0.15, 0.2) is 5.96 Å². The van der Waals surface area contributed by atoms with Crippen molar-refractivity contribution in [1.29, 1.82) is 0 Å². The fourth-order valence-electron chi connectivity index (χ4n) is 3.51. The number of methoxy groups -OCH3 is 3. The zero-order valence-corrected chi connectivity index (χ0v) is 21.0. The van der Waals surface area contributed by atoms with E-state index >= 15 is 0 Å². The molecule has 1 aromatic heterocycles. The molecule has 0 spiro atoms. The molecule has 9 heteroatoms. The minimum Gasteiger partial charge on any atom is -0.497 e. The molecule has 170 valence electrons. The lowest BCUT2D eigenvalue weighted by atomic mass is 10.1. The number of aliphatic imine (C=N–C) groups is 1. The van der Waals surface area contributed by atoms with Crippen molar-refractivity contribution in [1.82, 2.24) is 20.1 Å². The van der Waals surface area contributed by atoms with Crippen LogP contribution in [0.5, 0.6) is 17.4 Å². The molecule has 3 rings (SSSR count). The van der Waals surface area contributed by atoms with E-state index in [0.717, 1.165) is 61.3 Å². The number of guanidine groups is 1. The van der Waals surface area contributed by atoms with E-state index < -0.39 is 0 Å². The van der Waals surface area contributed by atoms with Gasteiger partial charge in [-0.05, 0) is 23.8 Å². The molecule has 2 aromatic rings. The number of piperazine rings is 1. The van der Waals surface area contributed by atoms with Gasteiger partial charge in [0.2, 0.25) is 5.88 Å². The molecule has 0 bridgehead atoms. The molecule has 0 unspecified atom stereocenters. The number of hydrogen-bond acceptors (Lipinski definition) is 6. The molecule has 1 saturated heterocycles. The van der Waals surface area contributed by atoms with Crippen LogP contribution in [0.1, 0.15) is 11.1 Å². The first-order valence-electron chi connectivity index (χ1n) is 10.0. The van der Waals surface area contributed by atoms with Gasteiger partial charge in [-0.2, -0.15) is 0 Å². The van der Waals surface area contributed by atoms with E-state index in [0.29, 0.717) is 12.4 Å². The summed E-state index contributed by atoms with van der Waals surface area (Å²) < 4.78 is 16.0. The summed E-state index contributed by atoms with van der Waals surface area (Å²) in [5.41, 5.74) is 2.22. The van der Waals surface area contributed by atoms with Gasteiger partial charge in [-0.15, -0.1) is 24.0 Å². The van der Waals surface area contributed by atoms with Gasteiger partial charge < -0.3 is 24.4 Å². The summed E-state index contributed by atoms with van der Waals surface area (Å²) in [6.45, 7) is 5.22. The lowest BCUT2D eigenvalue weighted by molar-refractivity contribution is 0.171. The highest BCUT2D eigenvalue weighted by Crippen LogP contribution is 2.25. The van der Waals surface area contributed by atoms with Crippen molar-refractivity contribution < 1.29 is 14.2 Å². The lowest BCUT2D eigenvalue weighted by Gasteiger charge is -2.36. The monoisotopic (exact) mass is 541 g/mol. The molecule has 1 aliphatic rings. The zero-order chi connectivity index (χ0) is 21.3. The number of benzene rings is 1. The molecule has 31 heavy (non-hydrogen) atoms. The Labute approximate surface area is 201 Å². The van der Waals surface area contributed by atoms with Crippen molar-refractivity contribution in [3.05, 3.63) is 47.7 Å². The second kappa shape index (κ2) is 12.6. The van der Waals surface area contributed by atoms with Crippen molar-refractivity contribution in [3.63, 3.8) is 0 Å². The smallest absolute Gasteiger partial charge is 0.212 e. The van der Waals surface area contributed by atoms with Crippen LogP contribution in [0.2, 0.25) is 0 Å². The van der Waals surface area contributed by atoms with Crippen LogP contribution in [0.25, 0.3) is 0 Å². The first-order valence-corrected chi connectivity index (χ1v) is 10.0. The Morgan fingerprint density at radius 3 is 2.39 bits per heavy atom. The molecule has 0 radical (unpaired) electrons. The number of aromatic nitrogens is 1. The number of rotatable bonds is 7. The van der Waals surface area contributed by atoms with Crippen molar-refractivity contribution in [2.75, 3.05) is 54.6 Å². The van der Waals surface area contributed by atoms with Gasteiger partial charge in [0.05, 0.1) is 21.3 Å². The van der Waals surface area contributed by atoms with Crippen LogP contribution in [-0.4, -0.2) is 75.3 Å². The molecule has 0 atom stereocenters. The summed E-state index contributed by atoms with van der Waals surface area (Å²) in [6, 6.07) is 9.81. The Morgan fingerprint density at radius 2 is 1.81 bits per heavy atom. The Balaban J connectivity index is 0.00000341. The number of ether oxygens (including phenoxy) is 3. The minimum absolute atomic E-state index is 0. The first kappa shape index (κ1) is 25.0. The third-order valence-electron chi connectivity index (χ3n) is 5.22. The maximum absolute atomic E-state index is 5.52. The highest BCUT2D eigenvalue weighted by molar-refractivity contribution is 14.0. The third kappa shape index (κ3) is 6.86. The van der Waals surface area contributed by atoms with Crippen LogP contribution >= 0.6 is 24.0 Å². The Hall–Kier alpha value is -2.27. The Morgan fingerprint density at radius 1 is 1.03 bits per heavy atom. The number of halogens is 1. The van der Waals surface area contributed by atoms with Gasteiger partial charge in [0.1, 0.15) is 11.5 Å². The predicted molar refractivity (Wildman–Crippen MR) is 133 cm³/mol. The summed E-state index contributed by atoms with van der Waals surface area (Å²) in [6.07, 6.45) is 1.82. The zero-order valence-electron chi connectivity index (χ0n) is 18.6. The molecule has 8 nitrogen and oxygen atoms in total. The topological polar surface area (TPSA) is 71.5 Å². The van der Waals surface area contributed by atoms with E-state index in [2.05, 4.69) is 31.2 Å². The summed E-state index contributed by atoms with van der Waals surface area (Å²) in [7, 11) is 6.83. The third-order valence-corrected chi connectivity index (χ3v) is 5.22. The maximum atomic E-state index is 5.52. The molecule has 0 amide bonds. The van der Waals surface area contributed by atoms with E-state index in [1.807, 2.05) is 37.5 Å². The number of pyridine rings is 1. The minimum atomic E-state index is 0. The Bertz CT molecular complexity index is 840. The van der Waals surface area contributed by atoms with Crippen molar-refractivity contribution in [2.24, 2.45) is 4.99 Å². The highest BCUT2D eigenvalue weighted by Gasteiger charge is 2.20. The van der Waals surface area contributed by atoms with Crippen LogP contribution < -0.4 is 19.5 Å². The summed E-state index contributed by atoms with van der Waals surface area (Å²) in [5, 5.41) is 3.43. The summed E-state index contributed by atoms with van der Waals surface area (Å²) in [5.74, 6) is 3.27. The van der Waals surface area contributed by atoms with Gasteiger partial charge >= 0.3 is 0 Å². The van der Waals surface area contributed by atoms with E-state index in [-0.39, 0.29) is 24.0 Å². The molecule has 2 heterocycles. The second-order valence-electron chi connectivity index (χ2n) is 7.05. The van der Waals surface area contributed by atoms with E-state index in [4.69, 9.17) is 14.2 Å². The van der Waals surface area contributed by atoms with Gasteiger partial charge in [0, 0.05) is 64.1 Å². The van der Waals surface area contributed by atoms with Gasteiger partial charge in [-0.25, -0.2) is 4.98 Å². The van der Waals surface area contributed by atoms with E-state index in [1.54, 1.807) is 21.3 Å². The lowest BCUT2D eigenvalue weighted by Crippen LogP contribution is -2.52. The van der Waals surface area contributed by atoms with Crippen molar-refractivity contribution in [2.45, 2.75) is 13.1 Å². The average molecular weight is 541 g/mol. The van der Waals surface area contributed by atoms with Crippen LogP contribution in [0.4, 0.5) is 0 Å². The molecule has 0 aliphatic carbocycles. The molecule has 1 aromatic carbocycles. The fourth-order valence-corrected chi connectivity index (χ4v) is 3.51. The normalized spacial score (nSPS) is 14.6. The second-order valence-corrected chi connectivity index (χ2v) is 7.05. The average Bonchev–Trinajstić information content (AvgIpc) is 2.80.